The summed E-state index contributed by atoms with van der Waals surface area (Å²) >= 11 is 0. The van der Waals surface area contributed by atoms with Crippen LogP contribution in [0.15, 0.2) is 18.3 Å². The van der Waals surface area contributed by atoms with Crippen LogP contribution in [0.2, 0.25) is 0 Å². The summed E-state index contributed by atoms with van der Waals surface area (Å²) < 4.78 is 6.76. The number of carbonyl (C=O) groups excluding carboxylic acids is 1. The van der Waals surface area contributed by atoms with Crippen molar-refractivity contribution in [2.45, 2.75) is 25.5 Å². The molecule has 2 atom stereocenters. The van der Waals surface area contributed by atoms with Crippen LogP contribution in [0.5, 0.6) is 5.88 Å². The van der Waals surface area contributed by atoms with Gasteiger partial charge < -0.3 is 20.1 Å². The highest BCUT2D eigenvalue weighted by Crippen LogP contribution is 2.19. The van der Waals surface area contributed by atoms with E-state index >= 15 is 0 Å². The largest absolute Gasteiger partial charge is 0.481 e. The SMILES string of the molecule is COc1ccnc(N2CC[C@H](O)[C@H](NC(=O)c3cc(C)n(C)n3)C2)n1. The normalized spacial score (nSPS) is 20.4. The van der Waals surface area contributed by atoms with Crippen molar-refractivity contribution < 1.29 is 14.6 Å². The number of ether oxygens (including phenoxy) is 1. The van der Waals surface area contributed by atoms with Crippen LogP contribution in [-0.2, 0) is 7.05 Å². The summed E-state index contributed by atoms with van der Waals surface area (Å²) in [5.74, 6) is 0.681. The van der Waals surface area contributed by atoms with Crippen LogP contribution in [0.4, 0.5) is 5.95 Å². The van der Waals surface area contributed by atoms with E-state index in [0.717, 1.165) is 5.69 Å². The quantitative estimate of drug-likeness (QED) is 0.796. The van der Waals surface area contributed by atoms with Gasteiger partial charge in [0, 0.05) is 38.1 Å². The molecule has 9 nitrogen and oxygen atoms in total. The molecule has 0 spiro atoms. The third kappa shape index (κ3) is 3.71. The number of aromatic nitrogens is 4. The van der Waals surface area contributed by atoms with Crippen molar-refractivity contribution in [3.63, 3.8) is 0 Å². The molecule has 0 unspecified atom stereocenters. The van der Waals surface area contributed by atoms with E-state index in [-0.39, 0.29) is 5.91 Å². The zero-order valence-corrected chi connectivity index (χ0v) is 14.5. The molecule has 3 rings (SSSR count). The fraction of sp³-hybridized carbons (Fsp3) is 0.500. The number of aliphatic hydroxyl groups excluding tert-OH is 1. The number of nitrogens with zero attached hydrogens (tertiary/aromatic N) is 5. The summed E-state index contributed by atoms with van der Waals surface area (Å²) in [5.41, 5.74) is 1.22. The van der Waals surface area contributed by atoms with Crippen molar-refractivity contribution in [2.75, 3.05) is 25.1 Å². The molecule has 0 saturated carbocycles. The monoisotopic (exact) mass is 346 g/mol. The molecule has 2 aromatic rings. The maximum absolute atomic E-state index is 12.4. The number of methoxy groups -OCH3 is 1. The molecule has 0 aliphatic carbocycles. The fourth-order valence-corrected chi connectivity index (χ4v) is 2.78. The van der Waals surface area contributed by atoms with Crippen LogP contribution in [0, 0.1) is 6.92 Å². The average molecular weight is 346 g/mol. The summed E-state index contributed by atoms with van der Waals surface area (Å²) in [7, 11) is 3.33. The fourth-order valence-electron chi connectivity index (χ4n) is 2.78. The highest BCUT2D eigenvalue weighted by molar-refractivity contribution is 5.92. The zero-order chi connectivity index (χ0) is 18.0. The van der Waals surface area contributed by atoms with Gasteiger partial charge in [-0.05, 0) is 19.4 Å². The maximum atomic E-state index is 12.4. The second kappa shape index (κ2) is 7.06. The van der Waals surface area contributed by atoms with E-state index in [1.54, 1.807) is 37.2 Å². The molecular weight excluding hydrogens is 324 g/mol. The van der Waals surface area contributed by atoms with Gasteiger partial charge in [0.25, 0.3) is 5.91 Å². The second-order valence-electron chi connectivity index (χ2n) is 6.08. The molecule has 1 amide bonds. The Bertz CT molecular complexity index is 743. The molecule has 25 heavy (non-hydrogen) atoms. The Morgan fingerprint density at radius 1 is 1.48 bits per heavy atom. The molecular formula is C16H22N6O3. The van der Waals surface area contributed by atoms with Crippen molar-refractivity contribution in [1.29, 1.82) is 0 Å². The molecule has 1 aliphatic heterocycles. The van der Waals surface area contributed by atoms with E-state index < -0.39 is 12.1 Å². The smallest absolute Gasteiger partial charge is 0.272 e. The van der Waals surface area contributed by atoms with Gasteiger partial charge in [-0.15, -0.1) is 0 Å². The lowest BCUT2D eigenvalue weighted by Gasteiger charge is -2.36. The molecule has 3 heterocycles. The lowest BCUT2D eigenvalue weighted by Crippen LogP contribution is -2.55. The van der Waals surface area contributed by atoms with E-state index in [1.165, 1.54) is 0 Å². The minimum absolute atomic E-state index is 0.304. The highest BCUT2D eigenvalue weighted by Gasteiger charge is 2.31. The van der Waals surface area contributed by atoms with Gasteiger partial charge in [0.1, 0.15) is 5.69 Å². The number of aliphatic hydroxyl groups is 1. The Balaban J connectivity index is 1.71. The Morgan fingerprint density at radius 3 is 2.96 bits per heavy atom. The van der Waals surface area contributed by atoms with Crippen LogP contribution in [0.1, 0.15) is 22.6 Å². The van der Waals surface area contributed by atoms with Gasteiger partial charge in [-0.1, -0.05) is 0 Å². The molecule has 1 aliphatic rings. The Labute approximate surface area is 145 Å². The lowest BCUT2D eigenvalue weighted by molar-refractivity contribution is 0.0779. The third-order valence-electron chi connectivity index (χ3n) is 4.35. The predicted molar refractivity (Wildman–Crippen MR) is 90.6 cm³/mol. The van der Waals surface area contributed by atoms with Crippen molar-refractivity contribution >= 4 is 11.9 Å². The number of amides is 1. The van der Waals surface area contributed by atoms with Gasteiger partial charge in [-0.3, -0.25) is 9.48 Å². The van der Waals surface area contributed by atoms with Gasteiger partial charge in [-0.25, -0.2) is 4.98 Å². The first-order valence-corrected chi connectivity index (χ1v) is 8.09. The molecule has 9 heteroatoms. The molecule has 1 fully saturated rings. The van der Waals surface area contributed by atoms with Gasteiger partial charge in [-0.2, -0.15) is 10.1 Å². The number of carbonyl (C=O) groups is 1. The number of anilines is 1. The Morgan fingerprint density at radius 2 is 2.28 bits per heavy atom. The Hall–Kier alpha value is -2.68. The van der Waals surface area contributed by atoms with Gasteiger partial charge in [0.05, 0.1) is 19.3 Å². The minimum atomic E-state index is -0.629. The van der Waals surface area contributed by atoms with Crippen molar-refractivity contribution in [3.05, 3.63) is 29.7 Å². The van der Waals surface area contributed by atoms with E-state index in [9.17, 15) is 9.90 Å². The first-order chi connectivity index (χ1) is 12.0. The topological polar surface area (TPSA) is 105 Å². The number of nitrogens with one attached hydrogen (secondary N) is 1. The minimum Gasteiger partial charge on any atom is -0.481 e. The number of rotatable bonds is 4. The van der Waals surface area contributed by atoms with E-state index in [0.29, 0.717) is 37.0 Å². The van der Waals surface area contributed by atoms with Crippen LogP contribution >= 0.6 is 0 Å². The number of hydrogen-bond acceptors (Lipinski definition) is 7. The first kappa shape index (κ1) is 17.2. The maximum Gasteiger partial charge on any atom is 0.272 e. The molecule has 134 valence electrons. The zero-order valence-electron chi connectivity index (χ0n) is 14.5. The predicted octanol–water partition coefficient (Wildman–Crippen LogP) is -0.103. The summed E-state index contributed by atoms with van der Waals surface area (Å²) in [6, 6.07) is 2.96. The van der Waals surface area contributed by atoms with Crippen molar-refractivity contribution in [1.82, 2.24) is 25.1 Å². The standard InChI is InChI=1S/C16H22N6O3/c1-10-8-11(20-21(10)2)15(24)18-12-9-22(7-5-13(12)23)16-17-6-4-14(19-16)25-3/h4,6,8,12-13,23H,5,7,9H2,1-3H3,(H,18,24)/t12-,13+/m1/s1. The highest BCUT2D eigenvalue weighted by atomic mass is 16.5. The first-order valence-electron chi connectivity index (χ1n) is 8.09. The second-order valence-corrected chi connectivity index (χ2v) is 6.08. The van der Waals surface area contributed by atoms with Crippen LogP contribution in [0.3, 0.4) is 0 Å². The van der Waals surface area contributed by atoms with Crippen LogP contribution in [-0.4, -0.2) is 63.1 Å². The van der Waals surface area contributed by atoms with Crippen LogP contribution in [0.25, 0.3) is 0 Å². The summed E-state index contributed by atoms with van der Waals surface area (Å²) in [4.78, 5) is 22.9. The van der Waals surface area contributed by atoms with E-state index in [1.807, 2.05) is 11.8 Å². The molecule has 0 aromatic carbocycles. The molecule has 0 radical (unpaired) electrons. The number of hydrogen-bond donors (Lipinski definition) is 2. The summed E-state index contributed by atoms with van der Waals surface area (Å²) in [6.07, 6.45) is 1.50. The van der Waals surface area contributed by atoms with Gasteiger partial charge in [0.2, 0.25) is 11.8 Å². The molecule has 2 N–H and O–H groups in total. The molecule has 1 saturated heterocycles. The van der Waals surface area contributed by atoms with E-state index in [2.05, 4.69) is 20.4 Å². The third-order valence-corrected chi connectivity index (χ3v) is 4.35. The number of piperidine rings is 1. The van der Waals surface area contributed by atoms with Gasteiger partial charge >= 0.3 is 0 Å². The van der Waals surface area contributed by atoms with E-state index in [4.69, 9.17) is 4.74 Å². The molecule has 0 bridgehead atoms. The van der Waals surface area contributed by atoms with Crippen LogP contribution < -0.4 is 15.0 Å². The van der Waals surface area contributed by atoms with Gasteiger partial charge in [0.15, 0.2) is 0 Å². The molecule has 2 aromatic heterocycles. The lowest BCUT2D eigenvalue weighted by atomic mass is 10.0. The van der Waals surface area contributed by atoms with Crippen molar-refractivity contribution in [3.8, 4) is 5.88 Å². The Kier molecular flexibility index (Phi) is 4.84. The summed E-state index contributed by atoms with van der Waals surface area (Å²) in [6.45, 7) is 2.89. The summed E-state index contributed by atoms with van der Waals surface area (Å²) in [5, 5.41) is 17.3. The number of aryl methyl sites for hydroxylation is 2. The average Bonchev–Trinajstić information content (AvgIpc) is 2.96. The van der Waals surface area contributed by atoms with Crippen molar-refractivity contribution in [2.24, 2.45) is 7.05 Å².